The predicted octanol–water partition coefficient (Wildman–Crippen LogP) is 6.23. The number of piperidine rings is 1. The normalized spacial score (nSPS) is 15.0. The Morgan fingerprint density at radius 1 is 1.04 bits per heavy atom. The highest BCUT2D eigenvalue weighted by atomic mass is 35.5. The second kappa shape index (κ2) is 13.6. The Morgan fingerprint density at radius 2 is 1.71 bits per heavy atom. The summed E-state index contributed by atoms with van der Waals surface area (Å²) in [6.45, 7) is 11.1. The third-order valence-corrected chi connectivity index (χ3v) is 9.70. The molecule has 1 saturated heterocycles. The van der Waals surface area contributed by atoms with Crippen molar-refractivity contribution in [3.05, 3.63) is 74.6 Å². The van der Waals surface area contributed by atoms with Crippen LogP contribution >= 0.6 is 11.6 Å². The number of rotatable bonds is 10. The first-order chi connectivity index (χ1) is 21.4. The number of nitrogens with zero attached hydrogens (tertiary/aromatic N) is 3. The highest BCUT2D eigenvalue weighted by molar-refractivity contribution is 6.32. The Kier molecular flexibility index (Phi) is 9.82. The molecule has 45 heavy (non-hydrogen) atoms. The van der Waals surface area contributed by atoms with Gasteiger partial charge in [0.1, 0.15) is 11.5 Å². The van der Waals surface area contributed by atoms with Crippen molar-refractivity contribution >= 4 is 34.8 Å². The summed E-state index contributed by atoms with van der Waals surface area (Å²) >= 11 is 6.34. The first-order valence-electron chi connectivity index (χ1n) is 15.8. The molecule has 1 fully saturated rings. The smallest absolute Gasteiger partial charge is 0.248 e. The number of aryl methyl sites for hydroxylation is 4. The van der Waals surface area contributed by atoms with E-state index in [-0.39, 0.29) is 30.1 Å². The van der Waals surface area contributed by atoms with Gasteiger partial charge in [-0.15, -0.1) is 0 Å². The molecular weight excluding hydrogens is 588 g/mol. The fraction of sp³-hybridized carbons (Fsp3) is 0.444. The van der Waals surface area contributed by atoms with Gasteiger partial charge < -0.3 is 15.0 Å². The van der Waals surface area contributed by atoms with Gasteiger partial charge in [-0.1, -0.05) is 29.8 Å². The van der Waals surface area contributed by atoms with Gasteiger partial charge in [0.15, 0.2) is 0 Å². The van der Waals surface area contributed by atoms with Crippen molar-refractivity contribution in [3.63, 3.8) is 0 Å². The van der Waals surface area contributed by atoms with Crippen LogP contribution in [0.2, 0.25) is 5.02 Å². The first-order valence-corrected chi connectivity index (χ1v) is 16.1. The van der Waals surface area contributed by atoms with Crippen molar-refractivity contribution in [3.8, 4) is 16.9 Å². The van der Waals surface area contributed by atoms with E-state index in [1.54, 1.807) is 4.90 Å². The number of fused-ring (bicyclic) bond motifs is 1. The highest BCUT2D eigenvalue weighted by Gasteiger charge is 2.31. The van der Waals surface area contributed by atoms with E-state index in [0.29, 0.717) is 45.4 Å². The Labute approximate surface area is 270 Å². The summed E-state index contributed by atoms with van der Waals surface area (Å²) in [6, 6.07) is 10.2. The molecule has 5 rings (SSSR count). The van der Waals surface area contributed by atoms with Crippen molar-refractivity contribution in [2.45, 2.75) is 79.2 Å². The number of hydrogen-bond donors (Lipinski definition) is 1. The lowest BCUT2D eigenvalue weighted by Gasteiger charge is -2.32. The van der Waals surface area contributed by atoms with Crippen LogP contribution < -0.4 is 10.1 Å². The van der Waals surface area contributed by atoms with E-state index in [1.165, 1.54) is 6.92 Å². The van der Waals surface area contributed by atoms with Crippen LogP contribution in [0.15, 0.2) is 35.9 Å². The lowest BCUT2D eigenvalue weighted by Crippen LogP contribution is -2.47. The molecule has 2 heterocycles. The summed E-state index contributed by atoms with van der Waals surface area (Å²) in [6.07, 6.45) is 3.26. The molecule has 238 valence electrons. The zero-order valence-electron chi connectivity index (χ0n) is 27.2. The standard InChI is InChI=1S/C36H43ClN4O4/c1-21-17-27(18-22(2)35(21)37)45-16-8-11-29-28-9-7-10-30(34-24(4)39-40(6)25(34)5)31(28)20-32(29)36(44)38-26-12-14-41(15-13-26)33(43)19-23(3)42/h7,9-10,17-18,26H,8,11-16,19-20H2,1-6H3,(H,38,44). The first kappa shape index (κ1) is 32.5. The number of carbonyl (C=O) groups is 3. The van der Waals surface area contributed by atoms with Gasteiger partial charge in [0.05, 0.1) is 18.7 Å². The van der Waals surface area contributed by atoms with Crippen LogP contribution in [0.4, 0.5) is 0 Å². The maximum absolute atomic E-state index is 13.9. The summed E-state index contributed by atoms with van der Waals surface area (Å²) in [5.41, 5.74) is 10.4. The third kappa shape index (κ3) is 7.01. The topological polar surface area (TPSA) is 93.5 Å². The minimum absolute atomic E-state index is 0.0293. The van der Waals surface area contributed by atoms with E-state index in [1.807, 2.05) is 44.6 Å². The molecule has 8 nitrogen and oxygen atoms in total. The maximum atomic E-state index is 13.9. The molecule has 0 saturated carbocycles. The fourth-order valence-electron chi connectivity index (χ4n) is 6.71. The van der Waals surface area contributed by atoms with Crippen molar-refractivity contribution in [1.82, 2.24) is 20.0 Å². The molecular formula is C36H43ClN4O4. The summed E-state index contributed by atoms with van der Waals surface area (Å²) in [7, 11) is 1.96. The second-order valence-corrected chi connectivity index (χ2v) is 12.8. The summed E-state index contributed by atoms with van der Waals surface area (Å²) in [5.74, 6) is 0.481. The minimum atomic E-state index is -0.136. The Morgan fingerprint density at radius 3 is 2.33 bits per heavy atom. The van der Waals surface area contributed by atoms with Gasteiger partial charge in [0.25, 0.3) is 0 Å². The zero-order chi connectivity index (χ0) is 32.4. The number of carbonyl (C=O) groups excluding carboxylic acids is 3. The van der Waals surface area contributed by atoms with Crippen LogP contribution in [0.3, 0.4) is 0 Å². The zero-order valence-corrected chi connectivity index (χ0v) is 27.9. The summed E-state index contributed by atoms with van der Waals surface area (Å²) in [5, 5.41) is 8.70. The van der Waals surface area contributed by atoms with E-state index >= 15 is 0 Å². The molecule has 1 N–H and O–H groups in total. The maximum Gasteiger partial charge on any atom is 0.248 e. The molecule has 0 bridgehead atoms. The van der Waals surface area contributed by atoms with Gasteiger partial charge in [-0.3, -0.25) is 19.1 Å². The minimum Gasteiger partial charge on any atom is -0.494 e. The van der Waals surface area contributed by atoms with Gasteiger partial charge in [0.2, 0.25) is 11.8 Å². The lowest BCUT2D eigenvalue weighted by molar-refractivity contribution is -0.135. The number of aromatic nitrogens is 2. The average molecular weight is 631 g/mol. The van der Waals surface area contributed by atoms with E-state index in [2.05, 4.69) is 35.5 Å². The lowest BCUT2D eigenvalue weighted by atomic mass is 9.93. The summed E-state index contributed by atoms with van der Waals surface area (Å²) < 4.78 is 8.03. The van der Waals surface area contributed by atoms with Gasteiger partial charge in [-0.25, -0.2) is 0 Å². The number of halogens is 1. The molecule has 2 amide bonds. The van der Waals surface area contributed by atoms with Gasteiger partial charge in [-0.05, 0) is 106 Å². The number of ketones is 1. The van der Waals surface area contributed by atoms with E-state index in [0.717, 1.165) is 73.1 Å². The number of amides is 2. The number of allylic oxidation sites excluding steroid dienone is 1. The van der Waals surface area contributed by atoms with Crippen LogP contribution in [0.1, 0.15) is 72.7 Å². The third-order valence-electron chi connectivity index (χ3n) is 9.10. The number of ether oxygens (including phenoxy) is 1. The number of Topliss-reactive ketones (excluding diaryl/α,β-unsaturated/α-hetero) is 1. The van der Waals surface area contributed by atoms with Crippen molar-refractivity contribution in [2.75, 3.05) is 19.7 Å². The summed E-state index contributed by atoms with van der Waals surface area (Å²) in [4.78, 5) is 39.5. The van der Waals surface area contributed by atoms with Crippen LogP contribution in [0.25, 0.3) is 16.7 Å². The van der Waals surface area contributed by atoms with Crippen molar-refractivity contribution in [1.29, 1.82) is 0 Å². The van der Waals surface area contributed by atoms with Crippen LogP contribution in [-0.2, 0) is 27.9 Å². The molecule has 3 aromatic rings. The van der Waals surface area contributed by atoms with Gasteiger partial charge in [-0.2, -0.15) is 5.10 Å². The molecule has 0 unspecified atom stereocenters. The van der Waals surface area contributed by atoms with Crippen LogP contribution in [-0.4, -0.2) is 58.0 Å². The molecule has 9 heteroatoms. The van der Waals surface area contributed by atoms with E-state index < -0.39 is 0 Å². The molecule has 0 atom stereocenters. The van der Waals surface area contributed by atoms with Crippen molar-refractivity contribution in [2.24, 2.45) is 7.05 Å². The van der Waals surface area contributed by atoms with Crippen molar-refractivity contribution < 1.29 is 19.1 Å². The Bertz CT molecular complexity index is 1660. The molecule has 2 aromatic carbocycles. The molecule has 0 radical (unpaired) electrons. The highest BCUT2D eigenvalue weighted by Crippen LogP contribution is 2.42. The molecule has 2 aliphatic rings. The van der Waals surface area contributed by atoms with Crippen LogP contribution in [0.5, 0.6) is 5.75 Å². The molecule has 1 aliphatic carbocycles. The van der Waals surface area contributed by atoms with E-state index in [9.17, 15) is 14.4 Å². The Balaban J connectivity index is 1.35. The largest absolute Gasteiger partial charge is 0.494 e. The molecule has 1 aromatic heterocycles. The SMILES string of the molecule is CC(=O)CC(=O)N1CCC(NC(=O)C2=C(CCCOc3cc(C)c(Cl)c(C)c3)c3cccc(-c4c(C)nn(C)c4C)c3C2)CC1. The fourth-order valence-corrected chi connectivity index (χ4v) is 6.81. The average Bonchev–Trinajstić information content (AvgIpc) is 3.49. The van der Waals surface area contributed by atoms with Gasteiger partial charge in [0, 0.05) is 54.5 Å². The Hall–Kier alpha value is -3.91. The number of likely N-dealkylation sites (tertiary alicyclic amines) is 1. The molecule has 0 spiro atoms. The number of nitrogens with one attached hydrogen (secondary N) is 1. The van der Waals surface area contributed by atoms with Gasteiger partial charge >= 0.3 is 0 Å². The number of benzene rings is 2. The predicted molar refractivity (Wildman–Crippen MR) is 177 cm³/mol. The van der Waals surface area contributed by atoms with Crippen LogP contribution in [0, 0.1) is 27.7 Å². The monoisotopic (exact) mass is 630 g/mol. The number of hydrogen-bond acceptors (Lipinski definition) is 5. The van der Waals surface area contributed by atoms with E-state index in [4.69, 9.17) is 16.3 Å². The quantitative estimate of drug-likeness (QED) is 0.212. The second-order valence-electron chi connectivity index (χ2n) is 12.5. The molecule has 1 aliphatic heterocycles.